The van der Waals surface area contributed by atoms with E-state index in [2.05, 4.69) is 5.32 Å². The minimum atomic E-state index is -0.509. The van der Waals surface area contributed by atoms with E-state index in [4.69, 9.17) is 4.74 Å². The van der Waals surface area contributed by atoms with Gasteiger partial charge in [-0.3, -0.25) is 9.59 Å². The molecule has 0 spiro atoms. The molecule has 4 rings (SSSR count). The number of benzene rings is 2. The predicted octanol–water partition coefficient (Wildman–Crippen LogP) is 3.36. The maximum absolute atomic E-state index is 13.1. The number of nitrogens with zero attached hydrogens (tertiary/aromatic N) is 1. The minimum absolute atomic E-state index is 0.0572. The molecule has 2 heterocycles. The number of hydrogen-bond donors (Lipinski definition) is 1. The molecule has 0 radical (unpaired) electrons. The van der Waals surface area contributed by atoms with Crippen LogP contribution in [0, 0.1) is 0 Å². The van der Waals surface area contributed by atoms with Crippen LogP contribution in [-0.4, -0.2) is 34.6 Å². The van der Waals surface area contributed by atoms with Crippen molar-refractivity contribution in [2.24, 2.45) is 0 Å². The second-order valence-corrected chi connectivity index (χ2v) is 9.08. The summed E-state index contributed by atoms with van der Waals surface area (Å²) in [5.74, 6) is 0.604. The summed E-state index contributed by atoms with van der Waals surface area (Å²) in [6.45, 7) is 4.48. The van der Waals surface area contributed by atoms with Gasteiger partial charge in [-0.25, -0.2) is 0 Å². The first-order chi connectivity index (χ1) is 12.9. The number of rotatable bonds is 4. The van der Waals surface area contributed by atoms with Crippen LogP contribution in [0.1, 0.15) is 40.7 Å². The second-order valence-electron chi connectivity index (χ2n) is 7.34. The molecule has 1 fully saturated rings. The standard InChI is InChI=1S/C21H22N2O3S/c1-21(2)17(18(24)22-12-13-8-10-14(26-3)11-9-13)23-19(25)15-6-4-5-7-16(15)20(23)27-21/h4-11,17,20H,12H2,1-3H3,(H,22,24). The van der Waals surface area contributed by atoms with Crippen molar-refractivity contribution in [3.63, 3.8) is 0 Å². The number of amides is 2. The second kappa shape index (κ2) is 6.60. The summed E-state index contributed by atoms with van der Waals surface area (Å²) in [6, 6.07) is 14.7. The fourth-order valence-corrected chi connectivity index (χ4v) is 5.42. The van der Waals surface area contributed by atoms with Crippen molar-refractivity contribution in [3.8, 4) is 5.75 Å². The molecule has 1 saturated heterocycles. The minimum Gasteiger partial charge on any atom is -0.497 e. The molecule has 2 aliphatic heterocycles. The molecular weight excluding hydrogens is 360 g/mol. The van der Waals surface area contributed by atoms with E-state index in [9.17, 15) is 9.59 Å². The molecule has 5 nitrogen and oxygen atoms in total. The zero-order valence-corrected chi connectivity index (χ0v) is 16.4. The fourth-order valence-electron chi connectivity index (χ4n) is 3.83. The average molecular weight is 382 g/mol. The van der Waals surface area contributed by atoms with Gasteiger partial charge in [0.05, 0.1) is 7.11 Å². The van der Waals surface area contributed by atoms with Gasteiger partial charge in [-0.1, -0.05) is 30.3 Å². The number of thioether (sulfide) groups is 1. The summed E-state index contributed by atoms with van der Waals surface area (Å²) in [5, 5.41) is 2.91. The van der Waals surface area contributed by atoms with E-state index in [1.807, 2.05) is 62.4 Å². The smallest absolute Gasteiger partial charge is 0.256 e. The van der Waals surface area contributed by atoms with Crippen LogP contribution in [0.4, 0.5) is 0 Å². The summed E-state index contributed by atoms with van der Waals surface area (Å²) in [4.78, 5) is 27.7. The quantitative estimate of drug-likeness (QED) is 0.881. The Labute approximate surface area is 163 Å². The Morgan fingerprint density at radius 2 is 1.89 bits per heavy atom. The largest absolute Gasteiger partial charge is 0.497 e. The zero-order chi connectivity index (χ0) is 19.2. The van der Waals surface area contributed by atoms with Gasteiger partial charge in [0.15, 0.2) is 0 Å². The molecule has 140 valence electrons. The summed E-state index contributed by atoms with van der Waals surface area (Å²) >= 11 is 1.68. The monoisotopic (exact) mass is 382 g/mol. The summed E-state index contributed by atoms with van der Waals surface area (Å²) in [7, 11) is 1.62. The summed E-state index contributed by atoms with van der Waals surface area (Å²) < 4.78 is 4.80. The molecule has 6 heteroatoms. The van der Waals surface area contributed by atoms with Crippen LogP contribution < -0.4 is 10.1 Å². The molecule has 27 heavy (non-hydrogen) atoms. The van der Waals surface area contributed by atoms with E-state index >= 15 is 0 Å². The van der Waals surface area contributed by atoms with Crippen molar-refractivity contribution in [1.82, 2.24) is 10.2 Å². The third-order valence-corrected chi connectivity index (χ3v) is 6.71. The number of ether oxygens (including phenoxy) is 1. The summed E-state index contributed by atoms with van der Waals surface area (Å²) in [6.07, 6.45) is 0. The molecule has 0 saturated carbocycles. The van der Waals surface area contributed by atoms with Gasteiger partial charge in [0.2, 0.25) is 5.91 Å². The van der Waals surface area contributed by atoms with Crippen molar-refractivity contribution >= 4 is 23.6 Å². The molecular formula is C21H22N2O3S. The molecule has 0 bridgehead atoms. The number of carbonyl (C=O) groups is 2. The van der Waals surface area contributed by atoms with Crippen molar-refractivity contribution in [3.05, 3.63) is 65.2 Å². The first kappa shape index (κ1) is 17.9. The lowest BCUT2D eigenvalue weighted by molar-refractivity contribution is -0.126. The zero-order valence-electron chi connectivity index (χ0n) is 15.6. The van der Waals surface area contributed by atoms with Gasteiger partial charge in [0, 0.05) is 16.9 Å². The van der Waals surface area contributed by atoms with Crippen molar-refractivity contribution in [2.45, 2.75) is 36.6 Å². The van der Waals surface area contributed by atoms with Gasteiger partial charge in [0.25, 0.3) is 5.91 Å². The highest BCUT2D eigenvalue weighted by Gasteiger charge is 2.57. The van der Waals surface area contributed by atoms with Crippen LogP contribution in [0.2, 0.25) is 0 Å². The van der Waals surface area contributed by atoms with Gasteiger partial charge in [0.1, 0.15) is 17.2 Å². The van der Waals surface area contributed by atoms with Crippen LogP contribution in [-0.2, 0) is 11.3 Å². The van der Waals surface area contributed by atoms with Crippen LogP contribution in [0.15, 0.2) is 48.5 Å². The van der Waals surface area contributed by atoms with Crippen LogP contribution in [0.3, 0.4) is 0 Å². The van der Waals surface area contributed by atoms with Gasteiger partial charge in [-0.2, -0.15) is 0 Å². The van der Waals surface area contributed by atoms with Crippen LogP contribution in [0.25, 0.3) is 0 Å². The van der Waals surface area contributed by atoms with E-state index in [0.717, 1.165) is 16.9 Å². The first-order valence-corrected chi connectivity index (χ1v) is 9.80. The number of hydrogen-bond acceptors (Lipinski definition) is 4. The van der Waals surface area contributed by atoms with Crippen molar-refractivity contribution in [2.75, 3.05) is 7.11 Å². The molecule has 0 aromatic heterocycles. The topological polar surface area (TPSA) is 58.6 Å². The third-order valence-electron chi connectivity index (χ3n) is 5.17. The molecule has 2 aromatic rings. The van der Waals surface area contributed by atoms with Gasteiger partial charge in [-0.15, -0.1) is 11.8 Å². The normalized spacial score (nSPS) is 22.3. The highest BCUT2D eigenvalue weighted by molar-refractivity contribution is 8.01. The number of fused-ring (bicyclic) bond motifs is 3. The predicted molar refractivity (Wildman–Crippen MR) is 106 cm³/mol. The molecule has 2 aromatic carbocycles. The Kier molecular flexibility index (Phi) is 4.38. The first-order valence-electron chi connectivity index (χ1n) is 8.92. The van der Waals surface area contributed by atoms with E-state index in [1.54, 1.807) is 23.8 Å². The van der Waals surface area contributed by atoms with Gasteiger partial charge < -0.3 is 15.0 Å². The van der Waals surface area contributed by atoms with Gasteiger partial charge in [-0.05, 0) is 43.2 Å². The maximum Gasteiger partial charge on any atom is 0.256 e. The number of methoxy groups -OCH3 is 1. The third kappa shape index (κ3) is 2.98. The molecule has 2 unspecified atom stereocenters. The lowest BCUT2D eigenvalue weighted by atomic mass is 10.0. The highest BCUT2D eigenvalue weighted by Crippen LogP contribution is 2.56. The van der Waals surface area contributed by atoms with E-state index < -0.39 is 6.04 Å². The van der Waals surface area contributed by atoms with Crippen molar-refractivity contribution in [1.29, 1.82) is 0 Å². The fraction of sp³-hybridized carbons (Fsp3) is 0.333. The average Bonchev–Trinajstić information content (AvgIpc) is 3.10. The van der Waals surface area contributed by atoms with Crippen LogP contribution >= 0.6 is 11.8 Å². The highest BCUT2D eigenvalue weighted by atomic mass is 32.2. The molecule has 2 amide bonds. The summed E-state index contributed by atoms with van der Waals surface area (Å²) in [5.41, 5.74) is 2.70. The van der Waals surface area contributed by atoms with Gasteiger partial charge >= 0.3 is 0 Å². The Morgan fingerprint density at radius 1 is 1.19 bits per heavy atom. The SMILES string of the molecule is COc1ccc(CNC(=O)C2N3C(=O)c4ccccc4C3SC2(C)C)cc1. The Hall–Kier alpha value is -2.47. The van der Waals surface area contributed by atoms with E-state index in [0.29, 0.717) is 12.1 Å². The number of carbonyl (C=O) groups excluding carboxylic acids is 2. The molecule has 1 N–H and O–H groups in total. The maximum atomic E-state index is 13.1. The Bertz CT molecular complexity index is 895. The lowest BCUT2D eigenvalue weighted by Gasteiger charge is -2.29. The Balaban J connectivity index is 1.53. The molecule has 2 atom stereocenters. The van der Waals surface area contributed by atoms with E-state index in [-0.39, 0.29) is 21.9 Å². The lowest BCUT2D eigenvalue weighted by Crippen LogP contribution is -2.52. The van der Waals surface area contributed by atoms with E-state index in [1.165, 1.54) is 0 Å². The molecule has 2 aliphatic rings. The Morgan fingerprint density at radius 3 is 2.59 bits per heavy atom. The van der Waals surface area contributed by atoms with Crippen molar-refractivity contribution < 1.29 is 14.3 Å². The van der Waals surface area contributed by atoms with Crippen LogP contribution in [0.5, 0.6) is 5.75 Å². The number of nitrogens with one attached hydrogen (secondary N) is 1. The molecule has 0 aliphatic carbocycles.